The number of hydrogen-bond donors (Lipinski definition) is 1. The predicted molar refractivity (Wildman–Crippen MR) is 77.0 cm³/mol. The Morgan fingerprint density at radius 2 is 2.30 bits per heavy atom. The number of nitrogens with zero attached hydrogens (tertiary/aromatic N) is 2. The maximum Gasteiger partial charge on any atom is 0.244 e. The van der Waals surface area contributed by atoms with Gasteiger partial charge in [0.25, 0.3) is 0 Å². The van der Waals surface area contributed by atoms with E-state index in [2.05, 4.69) is 5.32 Å². The van der Waals surface area contributed by atoms with Crippen LogP contribution in [0, 0.1) is 0 Å². The van der Waals surface area contributed by atoms with E-state index in [9.17, 15) is 8.42 Å². The van der Waals surface area contributed by atoms with Crippen LogP contribution in [0.4, 0.5) is 0 Å². The average Bonchev–Trinajstić information content (AvgIpc) is 3.07. The summed E-state index contributed by atoms with van der Waals surface area (Å²) < 4.78 is 34.0. The monoisotopic (exact) mass is 301 g/mol. The molecule has 0 aliphatic carbocycles. The molecule has 1 saturated heterocycles. The van der Waals surface area contributed by atoms with E-state index in [-0.39, 0.29) is 6.04 Å². The fourth-order valence-corrected chi connectivity index (χ4v) is 3.90. The van der Waals surface area contributed by atoms with E-state index in [0.717, 1.165) is 18.7 Å². The Morgan fingerprint density at radius 3 is 2.85 bits per heavy atom. The summed E-state index contributed by atoms with van der Waals surface area (Å²) >= 11 is 0. The molecule has 7 heteroatoms. The summed E-state index contributed by atoms with van der Waals surface area (Å²) in [5.41, 5.74) is 0.977. The van der Waals surface area contributed by atoms with Crippen molar-refractivity contribution in [2.45, 2.75) is 37.4 Å². The molecule has 0 spiro atoms. The molecule has 6 nitrogen and oxygen atoms in total. The van der Waals surface area contributed by atoms with Gasteiger partial charge in [0.2, 0.25) is 10.0 Å². The van der Waals surface area contributed by atoms with E-state index in [1.54, 1.807) is 19.3 Å². The number of aryl methyl sites for hydroxylation is 1. The number of sulfonamides is 1. The van der Waals surface area contributed by atoms with Crippen LogP contribution in [-0.2, 0) is 27.8 Å². The molecule has 0 amide bonds. The summed E-state index contributed by atoms with van der Waals surface area (Å²) in [7, 11) is 0.0372. The Balaban J connectivity index is 2.28. The summed E-state index contributed by atoms with van der Waals surface area (Å²) in [5.74, 6) is 0. The lowest BCUT2D eigenvalue weighted by Gasteiger charge is -2.21. The van der Waals surface area contributed by atoms with Crippen molar-refractivity contribution in [1.29, 1.82) is 0 Å². The molecule has 114 valence electrons. The average molecular weight is 301 g/mol. The molecule has 2 heterocycles. The zero-order valence-electron chi connectivity index (χ0n) is 12.3. The van der Waals surface area contributed by atoms with Gasteiger partial charge in [0.15, 0.2) is 0 Å². The van der Waals surface area contributed by atoms with Crippen molar-refractivity contribution in [3.63, 3.8) is 0 Å². The molecule has 1 unspecified atom stereocenters. The molecule has 0 bridgehead atoms. The number of rotatable bonds is 6. The lowest BCUT2D eigenvalue weighted by atomic mass is 10.3. The highest BCUT2D eigenvalue weighted by Gasteiger charge is 2.31. The van der Waals surface area contributed by atoms with Gasteiger partial charge in [0.05, 0.1) is 12.6 Å². The summed E-state index contributed by atoms with van der Waals surface area (Å²) in [5, 5.41) is 3.06. The third-order valence-electron chi connectivity index (χ3n) is 3.76. The van der Waals surface area contributed by atoms with Crippen molar-refractivity contribution < 1.29 is 13.2 Å². The molecule has 1 fully saturated rings. The highest BCUT2D eigenvalue weighted by atomic mass is 32.2. The normalized spacial score (nSPS) is 19.9. The Morgan fingerprint density at radius 1 is 1.55 bits per heavy atom. The van der Waals surface area contributed by atoms with Crippen LogP contribution in [0.1, 0.15) is 19.0 Å². The molecule has 1 aromatic heterocycles. The number of likely N-dealkylation sites (N-methyl/N-ethyl adjacent to an activating group) is 1. The molecule has 1 aromatic rings. The highest BCUT2D eigenvalue weighted by Crippen LogP contribution is 2.22. The molecule has 1 atom stereocenters. The van der Waals surface area contributed by atoms with Gasteiger partial charge in [-0.15, -0.1) is 0 Å². The van der Waals surface area contributed by atoms with Gasteiger partial charge >= 0.3 is 0 Å². The zero-order chi connectivity index (χ0) is 14.8. The molecule has 0 saturated carbocycles. The van der Waals surface area contributed by atoms with Gasteiger partial charge in [-0.05, 0) is 26.5 Å². The van der Waals surface area contributed by atoms with Gasteiger partial charge in [-0.3, -0.25) is 0 Å². The maximum absolute atomic E-state index is 12.6. The molecular weight excluding hydrogens is 278 g/mol. The molecule has 2 rings (SSSR count). The predicted octanol–water partition coefficient (Wildman–Crippen LogP) is 0.637. The van der Waals surface area contributed by atoms with Gasteiger partial charge in [-0.2, -0.15) is 4.31 Å². The zero-order valence-corrected chi connectivity index (χ0v) is 13.1. The molecule has 1 aliphatic heterocycles. The third-order valence-corrected chi connectivity index (χ3v) is 5.63. The van der Waals surface area contributed by atoms with E-state index in [0.29, 0.717) is 24.7 Å². The van der Waals surface area contributed by atoms with Crippen molar-refractivity contribution in [3.8, 4) is 0 Å². The van der Waals surface area contributed by atoms with Crippen LogP contribution in [0.5, 0.6) is 0 Å². The van der Waals surface area contributed by atoms with Crippen LogP contribution in [0.25, 0.3) is 0 Å². The first-order valence-electron chi connectivity index (χ1n) is 6.90. The van der Waals surface area contributed by atoms with Crippen LogP contribution >= 0.6 is 0 Å². The first-order valence-corrected chi connectivity index (χ1v) is 8.34. The Kier molecular flexibility index (Phi) is 4.85. The summed E-state index contributed by atoms with van der Waals surface area (Å²) in [6, 6.07) is 1.69. The molecule has 1 N–H and O–H groups in total. The van der Waals surface area contributed by atoms with Crippen molar-refractivity contribution >= 4 is 10.0 Å². The molecule has 0 aromatic carbocycles. The standard InChI is InChI=1S/C13H23N3O3S/c1-4-16-9-13(7-12(16)8-14-2)20(17,18)15(3)11-5-6-19-10-11/h7,9,11,14H,4-6,8,10H2,1-3H3. The van der Waals surface area contributed by atoms with Gasteiger partial charge in [-0.25, -0.2) is 8.42 Å². The Labute approximate surface area is 120 Å². The largest absolute Gasteiger partial charge is 0.380 e. The second-order valence-corrected chi connectivity index (χ2v) is 7.02. The molecule has 1 aliphatic rings. The SMILES string of the molecule is CCn1cc(S(=O)(=O)N(C)C2CCOC2)cc1CNC. The van der Waals surface area contributed by atoms with E-state index in [1.807, 2.05) is 18.5 Å². The highest BCUT2D eigenvalue weighted by molar-refractivity contribution is 7.89. The third kappa shape index (κ3) is 2.90. The minimum Gasteiger partial charge on any atom is -0.380 e. The van der Waals surface area contributed by atoms with Gasteiger partial charge < -0.3 is 14.6 Å². The second kappa shape index (κ2) is 6.26. The van der Waals surface area contributed by atoms with Crippen LogP contribution in [-0.4, -0.2) is 50.6 Å². The summed E-state index contributed by atoms with van der Waals surface area (Å²) in [6.07, 6.45) is 2.47. The van der Waals surface area contributed by atoms with E-state index < -0.39 is 10.0 Å². The number of nitrogens with one attached hydrogen (secondary N) is 1. The number of aromatic nitrogens is 1. The lowest BCUT2D eigenvalue weighted by Crippen LogP contribution is -2.37. The second-order valence-electron chi connectivity index (χ2n) is 5.02. The number of ether oxygens (including phenoxy) is 1. The smallest absolute Gasteiger partial charge is 0.244 e. The van der Waals surface area contributed by atoms with Crippen LogP contribution < -0.4 is 5.32 Å². The molecule has 0 radical (unpaired) electrons. The quantitative estimate of drug-likeness (QED) is 0.837. The fourth-order valence-electron chi connectivity index (χ4n) is 2.46. The molecule has 20 heavy (non-hydrogen) atoms. The fraction of sp³-hybridized carbons (Fsp3) is 0.692. The summed E-state index contributed by atoms with van der Waals surface area (Å²) in [6.45, 7) is 4.52. The van der Waals surface area contributed by atoms with E-state index in [4.69, 9.17) is 4.74 Å². The Hall–Kier alpha value is -0.890. The first kappa shape index (κ1) is 15.5. The number of hydrogen-bond acceptors (Lipinski definition) is 4. The van der Waals surface area contributed by atoms with Crippen molar-refractivity contribution in [3.05, 3.63) is 18.0 Å². The van der Waals surface area contributed by atoms with Crippen LogP contribution in [0.2, 0.25) is 0 Å². The van der Waals surface area contributed by atoms with Gasteiger partial charge in [0.1, 0.15) is 4.90 Å². The Bertz CT molecular complexity index is 547. The summed E-state index contributed by atoms with van der Waals surface area (Å²) in [4.78, 5) is 0.360. The lowest BCUT2D eigenvalue weighted by molar-refractivity contribution is 0.181. The van der Waals surface area contributed by atoms with Gasteiger partial charge in [-0.1, -0.05) is 0 Å². The van der Waals surface area contributed by atoms with Crippen molar-refractivity contribution in [2.24, 2.45) is 0 Å². The van der Waals surface area contributed by atoms with Crippen molar-refractivity contribution in [1.82, 2.24) is 14.2 Å². The minimum atomic E-state index is -3.45. The van der Waals surface area contributed by atoms with E-state index >= 15 is 0 Å². The van der Waals surface area contributed by atoms with Crippen molar-refractivity contribution in [2.75, 3.05) is 27.3 Å². The van der Waals surface area contributed by atoms with E-state index in [1.165, 1.54) is 4.31 Å². The van der Waals surface area contributed by atoms with Crippen LogP contribution in [0.15, 0.2) is 17.2 Å². The molecular formula is C13H23N3O3S. The first-order chi connectivity index (χ1) is 9.50. The topological polar surface area (TPSA) is 63.6 Å². The minimum absolute atomic E-state index is 0.0577. The van der Waals surface area contributed by atoms with Gasteiger partial charge in [0, 0.05) is 38.6 Å². The van der Waals surface area contributed by atoms with Crippen LogP contribution in [0.3, 0.4) is 0 Å². The maximum atomic E-state index is 12.6.